The van der Waals surface area contributed by atoms with Crippen molar-refractivity contribution in [2.45, 2.75) is 23.9 Å². The molecule has 3 aromatic carbocycles. The summed E-state index contributed by atoms with van der Waals surface area (Å²) in [6, 6.07) is 17.6. The number of amides is 1. The maximum absolute atomic E-state index is 13.2. The van der Waals surface area contributed by atoms with E-state index in [2.05, 4.69) is 10.0 Å². The van der Waals surface area contributed by atoms with Gasteiger partial charge in [0, 0.05) is 18.5 Å². The van der Waals surface area contributed by atoms with E-state index in [4.69, 9.17) is 9.47 Å². The first-order valence-corrected chi connectivity index (χ1v) is 11.6. The van der Waals surface area contributed by atoms with Gasteiger partial charge in [-0.3, -0.25) is 4.79 Å². The molecule has 0 aliphatic heterocycles. The third-order valence-corrected chi connectivity index (χ3v) is 6.49. The Balaban J connectivity index is 1.79. The molecule has 0 aliphatic carbocycles. The zero-order valence-corrected chi connectivity index (χ0v) is 19.1. The summed E-state index contributed by atoms with van der Waals surface area (Å²) in [5.41, 5.74) is 1.37. The Bertz CT molecular complexity index is 1180. The number of benzene rings is 3. The van der Waals surface area contributed by atoms with Crippen molar-refractivity contribution >= 4 is 15.9 Å². The van der Waals surface area contributed by atoms with E-state index in [0.29, 0.717) is 17.1 Å². The Kier molecular flexibility index (Phi) is 8.02. The normalized spacial score (nSPS) is 12.1. The quantitative estimate of drug-likeness (QED) is 0.471. The summed E-state index contributed by atoms with van der Waals surface area (Å²) in [6.45, 7) is 0.225. The van der Waals surface area contributed by atoms with Gasteiger partial charge in [-0.15, -0.1) is 0 Å². The molecule has 0 aliphatic rings. The first-order chi connectivity index (χ1) is 15.8. The van der Waals surface area contributed by atoms with E-state index in [0.717, 1.165) is 17.7 Å². The maximum Gasteiger partial charge on any atom is 0.241 e. The molecule has 3 rings (SSSR count). The summed E-state index contributed by atoms with van der Waals surface area (Å²) in [4.78, 5) is 12.6. The molecule has 0 saturated carbocycles. The number of carbonyl (C=O) groups is 1. The van der Waals surface area contributed by atoms with Gasteiger partial charge in [0.1, 0.15) is 17.3 Å². The van der Waals surface area contributed by atoms with Gasteiger partial charge in [0.2, 0.25) is 15.9 Å². The van der Waals surface area contributed by atoms with E-state index < -0.39 is 21.9 Å². The second-order valence-electron chi connectivity index (χ2n) is 7.19. The molecule has 1 unspecified atom stereocenters. The summed E-state index contributed by atoms with van der Waals surface area (Å²) in [7, 11) is -0.942. The van der Waals surface area contributed by atoms with Crippen LogP contribution in [-0.4, -0.2) is 28.5 Å². The van der Waals surface area contributed by atoms with Crippen LogP contribution in [0.4, 0.5) is 4.39 Å². The van der Waals surface area contributed by atoms with Crippen molar-refractivity contribution < 1.29 is 27.1 Å². The van der Waals surface area contributed by atoms with Crippen LogP contribution in [-0.2, 0) is 21.4 Å². The van der Waals surface area contributed by atoms with E-state index in [-0.39, 0.29) is 23.8 Å². The summed E-state index contributed by atoms with van der Waals surface area (Å²) >= 11 is 0. The van der Waals surface area contributed by atoms with Gasteiger partial charge in [-0.1, -0.05) is 30.3 Å². The van der Waals surface area contributed by atoms with Gasteiger partial charge in [-0.2, -0.15) is 0 Å². The number of halogens is 1. The number of nitrogens with one attached hydrogen (secondary N) is 2. The average Bonchev–Trinajstić information content (AvgIpc) is 2.82. The third kappa shape index (κ3) is 6.53. The van der Waals surface area contributed by atoms with Crippen LogP contribution < -0.4 is 19.5 Å². The van der Waals surface area contributed by atoms with Crippen LogP contribution in [0.5, 0.6) is 11.5 Å². The van der Waals surface area contributed by atoms with Crippen LogP contribution in [0.25, 0.3) is 0 Å². The lowest BCUT2D eigenvalue weighted by atomic mass is 10.0. The van der Waals surface area contributed by atoms with Gasteiger partial charge in [0.15, 0.2) is 0 Å². The topological polar surface area (TPSA) is 93.7 Å². The van der Waals surface area contributed by atoms with E-state index in [1.54, 1.807) is 37.4 Å². The molecule has 2 N–H and O–H groups in total. The summed E-state index contributed by atoms with van der Waals surface area (Å²) in [5.74, 6) is 0.334. The molecule has 0 radical (unpaired) electrons. The predicted octanol–water partition coefficient (Wildman–Crippen LogP) is 3.57. The number of hydrogen-bond acceptors (Lipinski definition) is 5. The first kappa shape index (κ1) is 24.2. The van der Waals surface area contributed by atoms with E-state index in [9.17, 15) is 17.6 Å². The molecule has 1 atom stereocenters. The van der Waals surface area contributed by atoms with Gasteiger partial charge in [-0.05, 0) is 48.0 Å². The fourth-order valence-electron chi connectivity index (χ4n) is 3.23. The Labute approximate surface area is 192 Å². The highest BCUT2D eigenvalue weighted by molar-refractivity contribution is 7.89. The molecule has 0 saturated heterocycles. The van der Waals surface area contributed by atoms with Gasteiger partial charge >= 0.3 is 0 Å². The molecule has 174 valence electrons. The van der Waals surface area contributed by atoms with E-state index >= 15 is 0 Å². The van der Waals surface area contributed by atoms with Crippen molar-refractivity contribution in [2.75, 3.05) is 14.2 Å². The lowest BCUT2D eigenvalue weighted by Crippen LogP contribution is -2.33. The van der Waals surface area contributed by atoms with E-state index in [1.807, 2.05) is 18.2 Å². The lowest BCUT2D eigenvalue weighted by molar-refractivity contribution is -0.121. The molecule has 33 heavy (non-hydrogen) atoms. The van der Waals surface area contributed by atoms with Gasteiger partial charge in [-0.25, -0.2) is 17.5 Å². The Morgan fingerprint density at radius 2 is 1.61 bits per heavy atom. The highest BCUT2D eigenvalue weighted by Crippen LogP contribution is 2.24. The minimum atomic E-state index is -4.01. The number of sulfonamides is 1. The van der Waals surface area contributed by atoms with Crippen molar-refractivity contribution in [1.82, 2.24) is 10.0 Å². The number of rotatable bonds is 10. The molecular formula is C24H25FN2O5S. The number of ether oxygens (including phenoxy) is 2. The highest BCUT2D eigenvalue weighted by Gasteiger charge is 2.24. The number of carbonyl (C=O) groups excluding carboxylic acids is 1. The second-order valence-corrected chi connectivity index (χ2v) is 8.91. The van der Waals surface area contributed by atoms with Crippen LogP contribution >= 0.6 is 0 Å². The van der Waals surface area contributed by atoms with Crippen molar-refractivity contribution in [3.63, 3.8) is 0 Å². The molecule has 0 heterocycles. The Morgan fingerprint density at radius 3 is 2.24 bits per heavy atom. The van der Waals surface area contributed by atoms with Crippen LogP contribution in [0.3, 0.4) is 0 Å². The van der Waals surface area contributed by atoms with Crippen molar-refractivity contribution in [1.29, 1.82) is 0 Å². The summed E-state index contributed by atoms with van der Waals surface area (Å²) in [5, 5.41) is 2.80. The van der Waals surface area contributed by atoms with Crippen molar-refractivity contribution in [3.8, 4) is 11.5 Å². The van der Waals surface area contributed by atoms with E-state index in [1.165, 1.54) is 19.2 Å². The molecule has 0 aromatic heterocycles. The highest BCUT2D eigenvalue weighted by atomic mass is 32.2. The smallest absolute Gasteiger partial charge is 0.241 e. The lowest BCUT2D eigenvalue weighted by Gasteiger charge is -2.20. The number of methoxy groups -OCH3 is 2. The zero-order valence-electron chi connectivity index (χ0n) is 18.2. The minimum absolute atomic E-state index is 0.100. The zero-order chi connectivity index (χ0) is 23.8. The first-order valence-electron chi connectivity index (χ1n) is 10.1. The number of hydrogen-bond donors (Lipinski definition) is 2. The minimum Gasteiger partial charge on any atom is -0.497 e. The van der Waals surface area contributed by atoms with Crippen LogP contribution in [0.15, 0.2) is 77.7 Å². The van der Waals surface area contributed by atoms with Crippen LogP contribution in [0.2, 0.25) is 0 Å². The largest absolute Gasteiger partial charge is 0.497 e. The fourth-order valence-corrected chi connectivity index (χ4v) is 4.46. The van der Waals surface area contributed by atoms with Crippen LogP contribution in [0.1, 0.15) is 23.6 Å². The Hall–Kier alpha value is -3.43. The number of para-hydroxylation sites is 1. The van der Waals surface area contributed by atoms with Gasteiger partial charge in [0.05, 0.1) is 25.2 Å². The van der Waals surface area contributed by atoms with Gasteiger partial charge in [0.25, 0.3) is 0 Å². The SMILES string of the molecule is COc1ccc(C(CC(=O)NCc2ccccc2OC)NS(=O)(=O)c2ccc(F)cc2)cc1. The third-order valence-electron chi connectivity index (χ3n) is 5.00. The standard InChI is InChI=1S/C24H25FN2O5S/c1-31-20-11-7-17(8-12-20)22(27-33(29,30)21-13-9-19(25)10-14-21)15-24(28)26-16-18-5-3-4-6-23(18)32-2/h3-14,22,27H,15-16H2,1-2H3,(H,26,28). The molecule has 0 spiro atoms. The summed E-state index contributed by atoms with van der Waals surface area (Å²) < 4.78 is 52.0. The molecular weight excluding hydrogens is 447 g/mol. The van der Waals surface area contributed by atoms with Crippen molar-refractivity contribution in [3.05, 3.63) is 89.7 Å². The molecule has 9 heteroatoms. The monoisotopic (exact) mass is 472 g/mol. The van der Waals surface area contributed by atoms with Crippen molar-refractivity contribution in [2.24, 2.45) is 0 Å². The Morgan fingerprint density at radius 1 is 0.939 bits per heavy atom. The molecule has 7 nitrogen and oxygen atoms in total. The molecule has 1 amide bonds. The molecule has 0 bridgehead atoms. The van der Waals surface area contributed by atoms with Gasteiger partial charge < -0.3 is 14.8 Å². The molecule has 0 fully saturated rings. The predicted molar refractivity (Wildman–Crippen MR) is 122 cm³/mol. The fraction of sp³-hybridized carbons (Fsp3) is 0.208. The van der Waals surface area contributed by atoms with Crippen LogP contribution in [0, 0.1) is 5.82 Å². The second kappa shape index (κ2) is 10.9. The summed E-state index contributed by atoms with van der Waals surface area (Å²) in [6.07, 6.45) is -0.151. The maximum atomic E-state index is 13.2. The average molecular weight is 473 g/mol. The molecule has 3 aromatic rings.